The lowest BCUT2D eigenvalue weighted by atomic mass is 10.2. The number of aromatic nitrogens is 2. The lowest BCUT2D eigenvalue weighted by Crippen LogP contribution is -2.11. The van der Waals surface area contributed by atoms with Gasteiger partial charge in [-0.15, -0.1) is 0 Å². The van der Waals surface area contributed by atoms with Gasteiger partial charge in [0.05, 0.1) is 28.4 Å². The van der Waals surface area contributed by atoms with Gasteiger partial charge in [0, 0.05) is 24.9 Å². The van der Waals surface area contributed by atoms with E-state index in [1.54, 1.807) is 23.0 Å². The zero-order valence-electron chi connectivity index (χ0n) is 14.9. The SMILES string of the molecule is CCn1cc(C(=O)Nc2cc(Oc3ccccc3C)cc([N+](=O)[O-])c2)cn1. The Bertz CT molecular complexity index is 997. The number of aryl methyl sites for hydroxylation is 2. The molecule has 0 unspecified atom stereocenters. The molecule has 3 rings (SSSR count). The maximum absolute atomic E-state index is 12.4. The van der Waals surface area contributed by atoms with E-state index in [0.717, 1.165) is 5.56 Å². The molecular weight excluding hydrogens is 348 g/mol. The van der Waals surface area contributed by atoms with Crippen molar-refractivity contribution >= 4 is 17.3 Å². The van der Waals surface area contributed by atoms with Gasteiger partial charge in [-0.05, 0) is 25.5 Å². The standard InChI is InChI=1S/C19H18N4O4/c1-3-22-12-14(11-20-22)19(24)21-15-8-16(23(25)26)10-17(9-15)27-18-7-5-4-6-13(18)2/h4-12H,3H2,1-2H3,(H,21,24). The average Bonchev–Trinajstić information content (AvgIpc) is 3.13. The molecule has 27 heavy (non-hydrogen) atoms. The highest BCUT2D eigenvalue weighted by Crippen LogP contribution is 2.31. The summed E-state index contributed by atoms with van der Waals surface area (Å²) in [6.45, 7) is 4.42. The minimum Gasteiger partial charge on any atom is -0.457 e. The molecule has 8 heteroatoms. The number of rotatable bonds is 6. The van der Waals surface area contributed by atoms with Gasteiger partial charge in [0.2, 0.25) is 0 Å². The molecule has 0 saturated heterocycles. The van der Waals surface area contributed by atoms with Crippen LogP contribution in [-0.2, 0) is 6.54 Å². The van der Waals surface area contributed by atoms with E-state index >= 15 is 0 Å². The number of anilines is 1. The summed E-state index contributed by atoms with van der Waals surface area (Å²) in [4.78, 5) is 23.1. The Kier molecular flexibility index (Phi) is 5.16. The summed E-state index contributed by atoms with van der Waals surface area (Å²) in [6, 6.07) is 11.5. The number of benzene rings is 2. The number of non-ortho nitro benzene ring substituents is 1. The van der Waals surface area contributed by atoms with Crippen molar-refractivity contribution in [3.63, 3.8) is 0 Å². The van der Waals surface area contributed by atoms with E-state index in [0.29, 0.717) is 17.9 Å². The van der Waals surface area contributed by atoms with Crippen LogP contribution in [0.4, 0.5) is 11.4 Å². The van der Waals surface area contributed by atoms with Gasteiger partial charge in [0.25, 0.3) is 11.6 Å². The van der Waals surface area contributed by atoms with Gasteiger partial charge >= 0.3 is 0 Å². The van der Waals surface area contributed by atoms with Crippen LogP contribution in [-0.4, -0.2) is 20.6 Å². The summed E-state index contributed by atoms with van der Waals surface area (Å²) in [5.74, 6) is 0.439. The van der Waals surface area contributed by atoms with E-state index in [1.165, 1.54) is 18.3 Å². The van der Waals surface area contributed by atoms with E-state index in [2.05, 4.69) is 10.4 Å². The van der Waals surface area contributed by atoms with E-state index in [1.807, 2.05) is 32.0 Å². The molecule has 0 aliphatic carbocycles. The maximum atomic E-state index is 12.4. The first-order valence-electron chi connectivity index (χ1n) is 8.33. The van der Waals surface area contributed by atoms with Crippen LogP contribution in [0, 0.1) is 17.0 Å². The Hall–Kier alpha value is -3.68. The number of nitrogens with one attached hydrogen (secondary N) is 1. The van der Waals surface area contributed by atoms with Crippen molar-refractivity contribution in [3.8, 4) is 11.5 Å². The molecule has 0 atom stereocenters. The van der Waals surface area contributed by atoms with Crippen LogP contribution in [0.5, 0.6) is 11.5 Å². The topological polar surface area (TPSA) is 99.3 Å². The predicted octanol–water partition coefficient (Wildman–Crippen LogP) is 4.16. The van der Waals surface area contributed by atoms with Crippen molar-refractivity contribution in [2.45, 2.75) is 20.4 Å². The number of amides is 1. The average molecular weight is 366 g/mol. The van der Waals surface area contributed by atoms with Crippen LogP contribution >= 0.6 is 0 Å². The summed E-state index contributed by atoms with van der Waals surface area (Å²) in [7, 11) is 0. The molecule has 3 aromatic rings. The van der Waals surface area contributed by atoms with Crippen molar-refractivity contribution in [2.24, 2.45) is 0 Å². The molecular formula is C19H18N4O4. The van der Waals surface area contributed by atoms with Crippen molar-refractivity contribution in [3.05, 3.63) is 76.1 Å². The molecule has 0 aliphatic heterocycles. The number of hydrogen-bond acceptors (Lipinski definition) is 5. The number of carbonyl (C=O) groups excluding carboxylic acids is 1. The van der Waals surface area contributed by atoms with Gasteiger partial charge < -0.3 is 10.1 Å². The summed E-state index contributed by atoms with van der Waals surface area (Å²) < 4.78 is 7.40. The third-order valence-corrected chi connectivity index (χ3v) is 3.90. The number of nitrogens with zero attached hydrogens (tertiary/aromatic N) is 3. The summed E-state index contributed by atoms with van der Waals surface area (Å²) in [5, 5.41) is 18.0. The van der Waals surface area contributed by atoms with E-state index < -0.39 is 10.8 Å². The highest BCUT2D eigenvalue weighted by Gasteiger charge is 2.15. The van der Waals surface area contributed by atoms with Crippen LogP contribution in [0.2, 0.25) is 0 Å². The second-order valence-corrected chi connectivity index (χ2v) is 5.88. The number of hydrogen-bond donors (Lipinski definition) is 1. The molecule has 1 N–H and O–H groups in total. The second kappa shape index (κ2) is 7.69. The molecule has 2 aromatic carbocycles. The highest BCUT2D eigenvalue weighted by molar-refractivity contribution is 6.04. The van der Waals surface area contributed by atoms with Crippen molar-refractivity contribution in [1.82, 2.24) is 9.78 Å². The van der Waals surface area contributed by atoms with Gasteiger partial charge in [-0.25, -0.2) is 0 Å². The minimum absolute atomic E-state index is 0.180. The molecule has 1 aromatic heterocycles. The third kappa shape index (κ3) is 4.30. The Morgan fingerprint density at radius 2 is 2.07 bits per heavy atom. The number of nitro benzene ring substituents is 1. The van der Waals surface area contributed by atoms with Crippen molar-refractivity contribution < 1.29 is 14.5 Å². The number of para-hydroxylation sites is 1. The van der Waals surface area contributed by atoms with Crippen LogP contribution in [0.3, 0.4) is 0 Å². The molecule has 0 aliphatic rings. The molecule has 0 spiro atoms. The molecule has 0 radical (unpaired) electrons. The molecule has 0 saturated carbocycles. The van der Waals surface area contributed by atoms with Crippen molar-refractivity contribution in [2.75, 3.05) is 5.32 Å². The van der Waals surface area contributed by atoms with E-state index in [-0.39, 0.29) is 17.1 Å². The zero-order valence-corrected chi connectivity index (χ0v) is 14.9. The van der Waals surface area contributed by atoms with Crippen LogP contribution in [0.1, 0.15) is 22.8 Å². The summed E-state index contributed by atoms with van der Waals surface area (Å²) >= 11 is 0. The lowest BCUT2D eigenvalue weighted by molar-refractivity contribution is -0.384. The van der Waals surface area contributed by atoms with Gasteiger partial charge in [-0.3, -0.25) is 19.6 Å². The molecule has 138 valence electrons. The normalized spacial score (nSPS) is 10.4. The van der Waals surface area contributed by atoms with Crippen LogP contribution in [0.25, 0.3) is 0 Å². The molecule has 0 fully saturated rings. The Morgan fingerprint density at radius 3 is 2.74 bits per heavy atom. The quantitative estimate of drug-likeness (QED) is 0.521. The number of carbonyl (C=O) groups is 1. The van der Waals surface area contributed by atoms with E-state index in [9.17, 15) is 14.9 Å². The highest BCUT2D eigenvalue weighted by atomic mass is 16.6. The zero-order chi connectivity index (χ0) is 19.4. The Morgan fingerprint density at radius 1 is 1.30 bits per heavy atom. The van der Waals surface area contributed by atoms with Crippen LogP contribution in [0.15, 0.2) is 54.9 Å². The van der Waals surface area contributed by atoms with Gasteiger partial charge in [0.1, 0.15) is 11.5 Å². The van der Waals surface area contributed by atoms with Gasteiger partial charge in [-0.2, -0.15) is 5.10 Å². The minimum atomic E-state index is -0.532. The second-order valence-electron chi connectivity index (χ2n) is 5.88. The third-order valence-electron chi connectivity index (χ3n) is 3.90. The first-order valence-corrected chi connectivity index (χ1v) is 8.33. The van der Waals surface area contributed by atoms with Crippen LogP contribution < -0.4 is 10.1 Å². The van der Waals surface area contributed by atoms with Crippen molar-refractivity contribution in [1.29, 1.82) is 0 Å². The first-order chi connectivity index (χ1) is 13.0. The number of ether oxygens (including phenoxy) is 1. The summed E-state index contributed by atoms with van der Waals surface area (Å²) in [6.07, 6.45) is 3.05. The fourth-order valence-electron chi connectivity index (χ4n) is 2.47. The monoisotopic (exact) mass is 366 g/mol. The van der Waals surface area contributed by atoms with E-state index in [4.69, 9.17) is 4.74 Å². The fraction of sp³-hybridized carbons (Fsp3) is 0.158. The lowest BCUT2D eigenvalue weighted by Gasteiger charge is -2.10. The number of nitro groups is 1. The first kappa shape index (κ1) is 18.1. The fourth-order valence-corrected chi connectivity index (χ4v) is 2.47. The Labute approximate surface area is 155 Å². The summed E-state index contributed by atoms with van der Waals surface area (Å²) in [5.41, 5.74) is 1.34. The van der Waals surface area contributed by atoms with Gasteiger partial charge in [0.15, 0.2) is 0 Å². The molecule has 1 heterocycles. The Balaban J connectivity index is 1.88. The molecule has 0 bridgehead atoms. The predicted molar refractivity (Wildman–Crippen MR) is 100 cm³/mol. The van der Waals surface area contributed by atoms with Gasteiger partial charge in [-0.1, -0.05) is 18.2 Å². The molecule has 8 nitrogen and oxygen atoms in total. The molecule has 1 amide bonds. The largest absolute Gasteiger partial charge is 0.457 e. The smallest absolute Gasteiger partial charge is 0.275 e. The maximum Gasteiger partial charge on any atom is 0.275 e.